The molecule has 2 N–H and O–H groups in total. The van der Waals surface area contributed by atoms with Gasteiger partial charge in [-0.05, 0) is 41.5 Å². The summed E-state index contributed by atoms with van der Waals surface area (Å²) >= 11 is 0. The molecule has 2 aliphatic rings. The van der Waals surface area contributed by atoms with Crippen LogP contribution in [0.2, 0.25) is 0 Å². The van der Waals surface area contributed by atoms with Crippen molar-refractivity contribution in [3.05, 3.63) is 41.7 Å². The predicted octanol–water partition coefficient (Wildman–Crippen LogP) is 1.59. The van der Waals surface area contributed by atoms with Crippen LogP contribution in [0.5, 0.6) is 5.75 Å². The number of halogens is 1. The topological polar surface area (TPSA) is 148 Å². The summed E-state index contributed by atoms with van der Waals surface area (Å²) in [5, 5.41) is 19.2. The summed E-state index contributed by atoms with van der Waals surface area (Å²) in [6.07, 6.45) is 2.89. The maximum absolute atomic E-state index is 15.4. The highest BCUT2D eigenvalue weighted by molar-refractivity contribution is 7.92. The lowest BCUT2D eigenvalue weighted by molar-refractivity contribution is -0.117. The zero-order valence-electron chi connectivity index (χ0n) is 17.9. The van der Waals surface area contributed by atoms with E-state index >= 15 is 4.39 Å². The first kappa shape index (κ1) is 23.9. The molecule has 0 aliphatic carbocycles. The van der Waals surface area contributed by atoms with Crippen LogP contribution in [-0.4, -0.2) is 57.5 Å². The van der Waals surface area contributed by atoms with Gasteiger partial charge in [-0.2, -0.15) is 18.0 Å². The molecule has 0 saturated carbocycles. The first-order valence-electron chi connectivity index (χ1n) is 10.4. The monoisotopic (exact) mass is 508 g/mol. The number of benzene rings is 2. The second kappa shape index (κ2) is 8.86. The van der Waals surface area contributed by atoms with E-state index in [9.17, 15) is 26.7 Å². The summed E-state index contributed by atoms with van der Waals surface area (Å²) in [6, 6.07) is 7.85. The Morgan fingerprint density at radius 3 is 2.65 bits per heavy atom. The number of amides is 1. The van der Waals surface area contributed by atoms with Gasteiger partial charge in [0, 0.05) is 24.9 Å². The molecule has 34 heavy (non-hydrogen) atoms. The quantitative estimate of drug-likeness (QED) is 0.540. The van der Waals surface area contributed by atoms with E-state index < -0.39 is 49.9 Å². The number of carbonyl (C=O) groups excluding carboxylic acids is 1. The molecule has 1 saturated heterocycles. The minimum Gasteiger partial charge on any atom is -0.506 e. The third-order valence-electron chi connectivity index (χ3n) is 5.70. The van der Waals surface area contributed by atoms with E-state index in [1.165, 1.54) is 16.4 Å². The fourth-order valence-electron chi connectivity index (χ4n) is 3.98. The molecule has 13 heteroatoms. The predicted molar refractivity (Wildman–Crippen MR) is 123 cm³/mol. The minimum absolute atomic E-state index is 0.0126. The van der Waals surface area contributed by atoms with Crippen molar-refractivity contribution in [1.29, 1.82) is 5.26 Å². The van der Waals surface area contributed by atoms with Crippen LogP contribution in [0.15, 0.2) is 30.3 Å². The van der Waals surface area contributed by atoms with Crippen molar-refractivity contribution >= 4 is 48.2 Å². The standard InChI is InChI=1S/C21H21FN4O6S2/c22-20-17-10-14(16-6-8-25(12-16)33(29,30)9-3-1-2-7-23)4-5-15(17)11-18(27)21(20)26-13-19(28)24-34(26,31)32/h4-6,10-11,27H,1-3,8-9,12-13H2,(H,24,28). The number of phenolic OH excluding ortho intramolecular Hbond substituents is 1. The van der Waals surface area contributed by atoms with Crippen LogP contribution >= 0.6 is 0 Å². The van der Waals surface area contributed by atoms with E-state index in [2.05, 4.69) is 0 Å². The Labute approximate surface area is 196 Å². The Morgan fingerprint density at radius 1 is 1.21 bits per heavy atom. The SMILES string of the molecule is N#CCCCCS(=O)(=O)N1CC=C(c2ccc3cc(O)c(N4CC(=O)NS4(=O)=O)c(F)c3c2)C1. The normalized spacial score (nSPS) is 18.2. The van der Waals surface area contributed by atoms with Crippen LogP contribution < -0.4 is 9.03 Å². The molecule has 2 aliphatic heterocycles. The van der Waals surface area contributed by atoms with E-state index in [4.69, 9.17) is 5.26 Å². The fraction of sp³-hybridized carbons (Fsp3) is 0.333. The number of anilines is 1. The number of nitriles is 1. The number of sulfonamides is 1. The molecular formula is C21H21FN4O6S2. The highest BCUT2D eigenvalue weighted by Gasteiger charge is 2.38. The maximum atomic E-state index is 15.4. The summed E-state index contributed by atoms with van der Waals surface area (Å²) in [4.78, 5) is 11.6. The van der Waals surface area contributed by atoms with Gasteiger partial charge in [0.1, 0.15) is 18.0 Å². The largest absolute Gasteiger partial charge is 0.506 e. The molecule has 4 rings (SSSR count). The van der Waals surface area contributed by atoms with Gasteiger partial charge in [0.2, 0.25) is 10.0 Å². The van der Waals surface area contributed by atoms with Crippen LogP contribution in [0, 0.1) is 17.1 Å². The molecule has 1 amide bonds. The smallest absolute Gasteiger partial charge is 0.326 e. The van der Waals surface area contributed by atoms with Crippen molar-refractivity contribution in [1.82, 2.24) is 9.03 Å². The number of nitrogens with zero attached hydrogens (tertiary/aromatic N) is 3. The summed E-state index contributed by atoms with van der Waals surface area (Å²) < 4.78 is 68.4. The molecule has 0 atom stereocenters. The average Bonchev–Trinajstić information content (AvgIpc) is 3.36. The molecule has 0 aromatic heterocycles. The molecule has 2 aromatic carbocycles. The van der Waals surface area contributed by atoms with Crippen LogP contribution in [-0.2, 0) is 25.0 Å². The van der Waals surface area contributed by atoms with E-state index in [0.29, 0.717) is 40.1 Å². The Hall–Kier alpha value is -3.21. The Balaban J connectivity index is 1.62. The van der Waals surface area contributed by atoms with Gasteiger partial charge in [0.05, 0.1) is 11.8 Å². The Bertz CT molecular complexity index is 1460. The van der Waals surface area contributed by atoms with Crippen LogP contribution in [0.3, 0.4) is 0 Å². The Morgan fingerprint density at radius 2 is 1.97 bits per heavy atom. The van der Waals surface area contributed by atoms with Gasteiger partial charge in [0.25, 0.3) is 5.91 Å². The first-order valence-corrected chi connectivity index (χ1v) is 13.4. The molecule has 0 bridgehead atoms. The number of phenols is 1. The number of rotatable bonds is 7. The second-order valence-corrected chi connectivity index (χ2v) is 11.7. The lowest BCUT2D eigenvalue weighted by Crippen LogP contribution is -2.31. The number of aromatic hydroxyl groups is 1. The Kier molecular flexibility index (Phi) is 6.24. The number of carbonyl (C=O) groups is 1. The van der Waals surface area contributed by atoms with Crippen molar-refractivity contribution in [2.24, 2.45) is 0 Å². The van der Waals surface area contributed by atoms with Gasteiger partial charge >= 0.3 is 10.2 Å². The number of unbranched alkanes of at least 4 members (excludes halogenated alkanes) is 2. The third kappa shape index (κ3) is 4.44. The molecule has 2 heterocycles. The summed E-state index contributed by atoms with van der Waals surface area (Å²) in [5.74, 6) is -2.57. The van der Waals surface area contributed by atoms with Crippen molar-refractivity contribution < 1.29 is 31.1 Å². The highest BCUT2D eigenvalue weighted by atomic mass is 32.2. The molecule has 1 fully saturated rings. The van der Waals surface area contributed by atoms with Crippen LogP contribution in [0.1, 0.15) is 24.8 Å². The van der Waals surface area contributed by atoms with Crippen molar-refractivity contribution in [2.45, 2.75) is 19.3 Å². The van der Waals surface area contributed by atoms with Gasteiger partial charge in [-0.25, -0.2) is 21.8 Å². The van der Waals surface area contributed by atoms with Crippen LogP contribution in [0.25, 0.3) is 16.3 Å². The van der Waals surface area contributed by atoms with Gasteiger partial charge in [-0.3, -0.25) is 4.79 Å². The number of hydrogen-bond acceptors (Lipinski definition) is 7. The van der Waals surface area contributed by atoms with E-state index in [0.717, 1.165) is 0 Å². The zero-order valence-corrected chi connectivity index (χ0v) is 19.5. The first-order chi connectivity index (χ1) is 16.0. The highest BCUT2D eigenvalue weighted by Crippen LogP contribution is 2.39. The fourth-order valence-corrected chi connectivity index (χ4v) is 6.61. The van der Waals surface area contributed by atoms with Crippen molar-refractivity contribution in [3.63, 3.8) is 0 Å². The number of nitrogens with one attached hydrogen (secondary N) is 1. The second-order valence-electron chi connectivity index (χ2n) is 7.98. The molecule has 2 aromatic rings. The summed E-state index contributed by atoms with van der Waals surface area (Å²) in [6.45, 7) is -0.404. The van der Waals surface area contributed by atoms with E-state index in [-0.39, 0.29) is 24.2 Å². The molecule has 180 valence electrons. The molecule has 0 radical (unpaired) electrons. The molecule has 10 nitrogen and oxygen atoms in total. The molecular weight excluding hydrogens is 487 g/mol. The molecule has 0 unspecified atom stereocenters. The molecule has 0 spiro atoms. The third-order valence-corrected chi connectivity index (χ3v) is 8.94. The van der Waals surface area contributed by atoms with Crippen molar-refractivity contribution in [2.75, 3.05) is 29.7 Å². The maximum Gasteiger partial charge on any atom is 0.326 e. The van der Waals surface area contributed by atoms with Gasteiger partial charge in [0.15, 0.2) is 5.82 Å². The van der Waals surface area contributed by atoms with Crippen molar-refractivity contribution in [3.8, 4) is 11.8 Å². The van der Waals surface area contributed by atoms with Crippen LogP contribution in [0.4, 0.5) is 10.1 Å². The minimum atomic E-state index is -4.33. The summed E-state index contributed by atoms with van der Waals surface area (Å²) in [5.41, 5.74) is 0.566. The van der Waals surface area contributed by atoms with Gasteiger partial charge in [-0.1, -0.05) is 18.2 Å². The van der Waals surface area contributed by atoms with Gasteiger partial charge in [-0.15, -0.1) is 0 Å². The average molecular weight is 509 g/mol. The lowest BCUT2D eigenvalue weighted by Gasteiger charge is -2.19. The zero-order chi connectivity index (χ0) is 24.7. The van der Waals surface area contributed by atoms with E-state index in [1.807, 2.05) is 6.07 Å². The summed E-state index contributed by atoms with van der Waals surface area (Å²) in [7, 11) is -7.85. The van der Waals surface area contributed by atoms with Gasteiger partial charge < -0.3 is 5.11 Å². The van der Waals surface area contributed by atoms with E-state index in [1.54, 1.807) is 22.9 Å². The number of hydrogen-bond donors (Lipinski definition) is 2. The lowest BCUT2D eigenvalue weighted by atomic mass is 10.0. The number of fused-ring (bicyclic) bond motifs is 1.